The number of rotatable bonds is 6. The predicted octanol–water partition coefficient (Wildman–Crippen LogP) is 7.64. The molecular formula is C35H41FNO3. The average Bonchev–Trinajstić information content (AvgIpc) is 3.73. The minimum absolute atomic E-state index is 0.0680. The van der Waals surface area contributed by atoms with Gasteiger partial charge in [-0.25, -0.2) is 9.18 Å². The second-order valence-corrected chi connectivity index (χ2v) is 12.5. The average molecular weight is 543 g/mol. The topological polar surface area (TPSA) is 55.4 Å². The molecule has 5 aliphatic carbocycles. The van der Waals surface area contributed by atoms with Gasteiger partial charge in [-0.15, -0.1) is 0 Å². The molecule has 1 aromatic rings. The number of carbonyl (C=O) groups excluding carboxylic acids is 2. The number of halogens is 1. The van der Waals surface area contributed by atoms with Crippen LogP contribution in [0.15, 0.2) is 65.8 Å². The Morgan fingerprint density at radius 1 is 1.18 bits per heavy atom. The smallest absolute Gasteiger partial charge is 0.407 e. The van der Waals surface area contributed by atoms with Crippen LogP contribution in [0.3, 0.4) is 0 Å². The first-order chi connectivity index (χ1) is 19.4. The molecule has 3 fully saturated rings. The molecule has 0 saturated heterocycles. The number of nitrogens with one attached hydrogen (secondary N) is 1. The number of ether oxygens (including phenoxy) is 1. The summed E-state index contributed by atoms with van der Waals surface area (Å²) in [4.78, 5) is 25.7. The van der Waals surface area contributed by atoms with Gasteiger partial charge < -0.3 is 10.1 Å². The standard InChI is InChI=1S/C35H41FNO3/c1-4-26-30-19-31(30)34(38)32-18-23-17-25(37-35(39)40-5-2)11-14-28(23)29(33(26)32)13-10-21-9-12-27(20(3)15-21)22-7-6-8-24(36)16-22/h6-10,12-13,16,19-20,23,25-26,28-29,32-33H,4-5,11,14-15,17-18H2,1-3H3,(H,37,39)/b13-10+/t20?,23-,25-,26-,28?,29+,32-,33-/m1/s1. The molecule has 211 valence electrons. The monoisotopic (exact) mass is 542 g/mol. The van der Waals surface area contributed by atoms with Gasteiger partial charge >= 0.3 is 6.09 Å². The first-order valence-electron chi connectivity index (χ1n) is 15.3. The van der Waals surface area contributed by atoms with Gasteiger partial charge in [-0.05, 0) is 103 Å². The SMILES string of the molecule is CCOC(=O)N[C@@H]1CCC2[C@H](C1)C[C@H]1C(=O)C3=C[C]3[C@@H](CC)[C@@H]1[C@H]2/C=C/C1=CC=C(c2cccc(F)c2)C(C)C1. The molecule has 40 heavy (non-hydrogen) atoms. The lowest BCUT2D eigenvalue weighted by Gasteiger charge is -2.53. The van der Waals surface area contributed by atoms with Crippen molar-refractivity contribution in [1.29, 1.82) is 0 Å². The molecule has 0 aliphatic heterocycles. The highest BCUT2D eigenvalue weighted by Crippen LogP contribution is 2.61. The number of fused-ring (bicyclic) bond motifs is 3. The summed E-state index contributed by atoms with van der Waals surface area (Å²) in [6.45, 7) is 6.68. The molecule has 3 saturated carbocycles. The highest BCUT2D eigenvalue weighted by molar-refractivity contribution is 6.08. The zero-order valence-electron chi connectivity index (χ0n) is 23.9. The fourth-order valence-electron chi connectivity index (χ4n) is 8.51. The number of hydrogen-bond donors (Lipinski definition) is 1. The van der Waals surface area contributed by atoms with Gasteiger partial charge in [0.05, 0.1) is 6.61 Å². The summed E-state index contributed by atoms with van der Waals surface area (Å²) in [6, 6.07) is 6.98. The van der Waals surface area contributed by atoms with Crippen molar-refractivity contribution in [2.75, 3.05) is 6.61 Å². The number of carbonyl (C=O) groups is 2. The van der Waals surface area contributed by atoms with Crippen molar-refractivity contribution in [3.05, 3.63) is 83.1 Å². The third-order valence-electron chi connectivity index (χ3n) is 10.3. The Kier molecular flexibility index (Phi) is 7.58. The van der Waals surface area contributed by atoms with Crippen LogP contribution in [0, 0.1) is 53.2 Å². The zero-order valence-corrected chi connectivity index (χ0v) is 23.9. The normalized spacial score (nSPS) is 35.1. The van der Waals surface area contributed by atoms with E-state index < -0.39 is 0 Å². The number of benzene rings is 1. The largest absolute Gasteiger partial charge is 0.450 e. The van der Waals surface area contributed by atoms with Crippen molar-refractivity contribution in [3.63, 3.8) is 0 Å². The van der Waals surface area contributed by atoms with Crippen LogP contribution in [-0.2, 0) is 9.53 Å². The number of allylic oxidation sites excluding steroid dienone is 8. The Morgan fingerprint density at radius 2 is 2.02 bits per heavy atom. The second kappa shape index (κ2) is 11.1. The summed E-state index contributed by atoms with van der Waals surface area (Å²) in [5.41, 5.74) is 4.42. The number of Topliss-reactive ketones (excluding diaryl/α,β-unsaturated/α-hetero) is 1. The predicted molar refractivity (Wildman–Crippen MR) is 155 cm³/mol. The van der Waals surface area contributed by atoms with Crippen LogP contribution < -0.4 is 5.32 Å². The molecule has 1 radical (unpaired) electrons. The van der Waals surface area contributed by atoms with Gasteiger partial charge in [0, 0.05) is 23.5 Å². The van der Waals surface area contributed by atoms with E-state index in [4.69, 9.17) is 4.74 Å². The van der Waals surface area contributed by atoms with E-state index in [1.165, 1.54) is 23.1 Å². The van der Waals surface area contributed by atoms with Crippen molar-refractivity contribution in [3.8, 4) is 0 Å². The summed E-state index contributed by atoms with van der Waals surface area (Å²) in [5, 5.41) is 3.08. The summed E-state index contributed by atoms with van der Waals surface area (Å²) >= 11 is 0. The number of hydrogen-bond acceptors (Lipinski definition) is 3. The van der Waals surface area contributed by atoms with E-state index in [1.54, 1.807) is 12.1 Å². The molecule has 0 spiro atoms. The summed E-state index contributed by atoms with van der Waals surface area (Å²) < 4.78 is 19.0. The van der Waals surface area contributed by atoms with Crippen molar-refractivity contribution < 1.29 is 18.7 Å². The first-order valence-corrected chi connectivity index (χ1v) is 15.3. The lowest BCUT2D eigenvalue weighted by Crippen LogP contribution is -2.52. The number of alkyl carbamates (subject to hydrolysis) is 1. The highest BCUT2D eigenvalue weighted by Gasteiger charge is 2.58. The minimum Gasteiger partial charge on any atom is -0.450 e. The Bertz CT molecular complexity index is 1290. The van der Waals surface area contributed by atoms with Crippen molar-refractivity contribution >= 4 is 17.4 Å². The minimum atomic E-state index is -0.331. The van der Waals surface area contributed by atoms with Crippen LogP contribution in [0.5, 0.6) is 0 Å². The summed E-state index contributed by atoms with van der Waals surface area (Å²) in [5.74, 6) is 3.92. The Hall–Kier alpha value is -2.95. The van der Waals surface area contributed by atoms with Crippen LogP contribution in [0.1, 0.15) is 64.9 Å². The maximum absolute atomic E-state index is 13.9. The lowest BCUT2D eigenvalue weighted by atomic mass is 9.51. The molecule has 4 nitrogen and oxygen atoms in total. The highest BCUT2D eigenvalue weighted by atomic mass is 19.1. The van der Waals surface area contributed by atoms with E-state index in [2.05, 4.69) is 49.5 Å². The van der Waals surface area contributed by atoms with Gasteiger partial charge in [0.2, 0.25) is 0 Å². The van der Waals surface area contributed by atoms with Crippen molar-refractivity contribution in [1.82, 2.24) is 5.32 Å². The zero-order chi connectivity index (χ0) is 28.0. The fraction of sp³-hybridized carbons (Fsp3) is 0.514. The van der Waals surface area contributed by atoms with Crippen LogP contribution in [0.25, 0.3) is 5.57 Å². The van der Waals surface area contributed by atoms with E-state index in [1.807, 2.05) is 13.0 Å². The molecule has 6 rings (SSSR count). The van der Waals surface area contributed by atoms with Gasteiger partial charge in [-0.2, -0.15) is 0 Å². The van der Waals surface area contributed by atoms with E-state index in [-0.39, 0.29) is 23.9 Å². The molecule has 2 unspecified atom stereocenters. The van der Waals surface area contributed by atoms with Gasteiger partial charge in [0.25, 0.3) is 0 Å². The second-order valence-electron chi connectivity index (χ2n) is 12.5. The van der Waals surface area contributed by atoms with Crippen LogP contribution >= 0.6 is 0 Å². The maximum atomic E-state index is 13.9. The third-order valence-corrected chi connectivity index (χ3v) is 10.3. The van der Waals surface area contributed by atoms with Crippen LogP contribution in [-0.4, -0.2) is 24.5 Å². The molecule has 1 N–H and O–H groups in total. The molecule has 1 amide bonds. The van der Waals surface area contributed by atoms with Gasteiger partial charge in [0.1, 0.15) is 5.82 Å². The van der Waals surface area contributed by atoms with Gasteiger partial charge in [-0.1, -0.05) is 62.8 Å². The quantitative estimate of drug-likeness (QED) is 0.402. The van der Waals surface area contributed by atoms with Gasteiger partial charge in [0.15, 0.2) is 5.78 Å². The lowest BCUT2D eigenvalue weighted by molar-refractivity contribution is -0.128. The Balaban J connectivity index is 1.26. The van der Waals surface area contributed by atoms with Crippen LogP contribution in [0.4, 0.5) is 9.18 Å². The first kappa shape index (κ1) is 27.2. The number of amides is 1. The molecule has 0 bridgehead atoms. The molecule has 5 heteroatoms. The Morgan fingerprint density at radius 3 is 2.77 bits per heavy atom. The van der Waals surface area contributed by atoms with Gasteiger partial charge in [-0.3, -0.25) is 4.79 Å². The molecule has 1 aromatic carbocycles. The molecular weight excluding hydrogens is 501 g/mol. The summed E-state index contributed by atoms with van der Waals surface area (Å²) in [7, 11) is 0. The molecule has 0 heterocycles. The van der Waals surface area contributed by atoms with E-state index >= 15 is 0 Å². The summed E-state index contributed by atoms with van der Waals surface area (Å²) in [6.07, 6.45) is 16.7. The van der Waals surface area contributed by atoms with E-state index in [0.717, 1.165) is 49.7 Å². The van der Waals surface area contributed by atoms with E-state index in [9.17, 15) is 14.0 Å². The van der Waals surface area contributed by atoms with E-state index in [0.29, 0.717) is 47.9 Å². The maximum Gasteiger partial charge on any atom is 0.407 e. The number of ketones is 1. The van der Waals surface area contributed by atoms with Crippen molar-refractivity contribution in [2.45, 2.75) is 65.3 Å². The third kappa shape index (κ3) is 5.12. The van der Waals surface area contributed by atoms with Crippen molar-refractivity contribution in [2.24, 2.45) is 41.4 Å². The molecule has 0 aromatic heterocycles. The molecule has 5 aliphatic rings. The Labute approximate surface area is 237 Å². The molecule has 8 atom stereocenters. The van der Waals surface area contributed by atoms with Crippen LogP contribution in [0.2, 0.25) is 0 Å². The fourth-order valence-corrected chi connectivity index (χ4v) is 8.51.